The van der Waals surface area contributed by atoms with Crippen LogP contribution in [0, 0.1) is 6.92 Å². The Morgan fingerprint density at radius 3 is 2.62 bits per heavy atom. The molecule has 2 aromatic carbocycles. The third-order valence-electron chi connectivity index (χ3n) is 7.05. The lowest BCUT2D eigenvalue weighted by atomic mass is 9.98. The van der Waals surface area contributed by atoms with Crippen LogP contribution in [0.4, 0.5) is 18.0 Å². The number of aromatic nitrogens is 3. The number of aryl methyl sites for hydroxylation is 1. The quantitative estimate of drug-likeness (QED) is 0.418. The Kier molecular flexibility index (Phi) is 7.63. The van der Waals surface area contributed by atoms with Crippen molar-refractivity contribution in [2.24, 2.45) is 0 Å². The van der Waals surface area contributed by atoms with Crippen LogP contribution in [0.3, 0.4) is 0 Å². The van der Waals surface area contributed by atoms with E-state index < -0.39 is 41.9 Å². The topological polar surface area (TPSA) is 98.6 Å². The first-order chi connectivity index (χ1) is 19.0. The number of urea groups is 1. The predicted octanol–water partition coefficient (Wildman–Crippen LogP) is 5.22. The van der Waals surface area contributed by atoms with Gasteiger partial charge in [0.1, 0.15) is 17.7 Å². The summed E-state index contributed by atoms with van der Waals surface area (Å²) in [7, 11) is 0. The first-order valence-electron chi connectivity index (χ1n) is 12.7. The monoisotopic (exact) mass is 577 g/mol. The number of amides is 2. The summed E-state index contributed by atoms with van der Waals surface area (Å²) in [6.45, 7) is 3.81. The van der Waals surface area contributed by atoms with Crippen molar-refractivity contribution in [3.63, 3.8) is 0 Å². The number of alkyl halides is 3. The van der Waals surface area contributed by atoms with Crippen LogP contribution < -0.4 is 10.1 Å². The number of halogens is 4. The van der Waals surface area contributed by atoms with E-state index in [4.69, 9.17) is 21.1 Å². The molecule has 2 aliphatic heterocycles. The van der Waals surface area contributed by atoms with Gasteiger partial charge in [-0.25, -0.2) is 4.79 Å². The molecule has 1 saturated heterocycles. The minimum absolute atomic E-state index is 0.0838. The maximum absolute atomic E-state index is 13.7. The smallest absolute Gasteiger partial charge is 0.416 e. The van der Waals surface area contributed by atoms with Gasteiger partial charge in [-0.2, -0.15) is 13.2 Å². The summed E-state index contributed by atoms with van der Waals surface area (Å²) >= 11 is 6.03. The zero-order valence-corrected chi connectivity index (χ0v) is 22.5. The number of fused-ring (bicyclic) bond motifs is 1. The summed E-state index contributed by atoms with van der Waals surface area (Å²) in [5, 5.41) is 12.2. The minimum atomic E-state index is -4.51. The first kappa shape index (κ1) is 27.8. The number of carbonyl (C=O) groups excluding carboxylic acids is 2. The molecule has 0 radical (unpaired) electrons. The Hall–Kier alpha value is -3.80. The second-order valence-corrected chi connectivity index (χ2v) is 10.3. The van der Waals surface area contributed by atoms with Crippen molar-refractivity contribution < 1.29 is 32.2 Å². The third-order valence-corrected chi connectivity index (χ3v) is 7.30. The Labute approximate surface area is 233 Å². The molecule has 3 unspecified atom stereocenters. The zero-order valence-electron chi connectivity index (χ0n) is 21.7. The van der Waals surface area contributed by atoms with Crippen molar-refractivity contribution in [3.05, 3.63) is 75.8 Å². The second-order valence-electron chi connectivity index (χ2n) is 9.84. The molecule has 9 nitrogen and oxygen atoms in total. The highest BCUT2D eigenvalue weighted by Gasteiger charge is 2.42. The van der Waals surface area contributed by atoms with Crippen LogP contribution in [0.25, 0.3) is 0 Å². The molecule has 13 heteroatoms. The fourth-order valence-electron chi connectivity index (χ4n) is 5.15. The van der Waals surface area contributed by atoms with Gasteiger partial charge in [0, 0.05) is 30.4 Å². The normalized spacial score (nSPS) is 20.6. The number of hydrogen-bond acceptors (Lipinski definition) is 6. The molecule has 3 aromatic rings. The highest BCUT2D eigenvalue weighted by atomic mass is 35.5. The summed E-state index contributed by atoms with van der Waals surface area (Å²) in [4.78, 5) is 26.9. The van der Waals surface area contributed by atoms with Crippen LogP contribution in [0.5, 0.6) is 5.75 Å². The molecular formula is C27H27ClF3N5O4. The molecule has 3 heterocycles. The van der Waals surface area contributed by atoms with E-state index in [0.29, 0.717) is 41.6 Å². The van der Waals surface area contributed by atoms with Crippen LogP contribution in [0.1, 0.15) is 60.2 Å². The minimum Gasteiger partial charge on any atom is -0.493 e. The number of esters is 1. The van der Waals surface area contributed by atoms with Gasteiger partial charge in [0.2, 0.25) is 0 Å². The van der Waals surface area contributed by atoms with Gasteiger partial charge in [0.05, 0.1) is 37.3 Å². The SMILES string of the molecule is CC(=O)OC1CC(c2nnc(C)n2Cc2ccc(Cl)cc2)N(C(=O)NC2CCOc3cc(C(F)(F)F)ccc32)C1. The number of likely N-dealkylation sites (tertiary alicyclic amines) is 1. The van der Waals surface area contributed by atoms with Crippen LogP contribution in [-0.4, -0.2) is 50.9 Å². The third kappa shape index (κ3) is 5.86. The van der Waals surface area contributed by atoms with Crippen LogP contribution in [0.2, 0.25) is 5.02 Å². The van der Waals surface area contributed by atoms with Gasteiger partial charge in [-0.05, 0) is 36.8 Å². The maximum Gasteiger partial charge on any atom is 0.416 e. The average molecular weight is 578 g/mol. The Morgan fingerprint density at radius 2 is 1.93 bits per heavy atom. The van der Waals surface area contributed by atoms with E-state index in [1.807, 2.05) is 23.6 Å². The van der Waals surface area contributed by atoms with E-state index in [1.54, 1.807) is 12.1 Å². The molecule has 0 saturated carbocycles. The first-order valence-corrected chi connectivity index (χ1v) is 13.1. The fraction of sp³-hybridized carbons (Fsp3) is 0.407. The molecule has 212 valence electrons. The number of ether oxygens (including phenoxy) is 2. The Morgan fingerprint density at radius 1 is 1.18 bits per heavy atom. The molecule has 0 aliphatic carbocycles. The van der Waals surface area contributed by atoms with E-state index in [-0.39, 0.29) is 18.9 Å². The van der Waals surface area contributed by atoms with E-state index >= 15 is 0 Å². The van der Waals surface area contributed by atoms with Crippen LogP contribution in [-0.2, 0) is 22.3 Å². The second kappa shape index (κ2) is 11.0. The van der Waals surface area contributed by atoms with Gasteiger partial charge in [-0.15, -0.1) is 10.2 Å². The van der Waals surface area contributed by atoms with Crippen molar-refractivity contribution in [1.29, 1.82) is 0 Å². The van der Waals surface area contributed by atoms with Crippen molar-refractivity contribution >= 4 is 23.6 Å². The largest absolute Gasteiger partial charge is 0.493 e. The molecule has 1 fully saturated rings. The lowest BCUT2D eigenvalue weighted by Crippen LogP contribution is -2.43. The van der Waals surface area contributed by atoms with Gasteiger partial charge < -0.3 is 24.3 Å². The van der Waals surface area contributed by atoms with E-state index in [9.17, 15) is 22.8 Å². The molecule has 1 N–H and O–H groups in total. The van der Waals surface area contributed by atoms with Gasteiger partial charge >= 0.3 is 18.2 Å². The number of rotatable bonds is 5. The van der Waals surface area contributed by atoms with Gasteiger partial charge in [0.15, 0.2) is 5.82 Å². The van der Waals surface area contributed by atoms with Gasteiger partial charge in [-0.3, -0.25) is 4.79 Å². The van der Waals surface area contributed by atoms with E-state index in [1.165, 1.54) is 17.9 Å². The summed E-state index contributed by atoms with van der Waals surface area (Å²) < 4.78 is 52.4. The standard InChI is InChI=1S/C27H27ClF3N5O4/c1-15-33-34-25(35(15)13-17-3-6-19(28)7-4-17)23-12-20(40-16(2)37)14-36(23)26(38)32-22-9-10-39-24-11-18(27(29,30)31)5-8-21(22)24/h3-8,11,20,22-23H,9-10,12-14H2,1-2H3,(H,32,38). The zero-order chi connectivity index (χ0) is 28.6. The van der Waals surface area contributed by atoms with Crippen molar-refractivity contribution in [2.45, 2.75) is 57.6 Å². The molecular weight excluding hydrogens is 551 g/mol. The summed E-state index contributed by atoms with van der Waals surface area (Å²) in [6.07, 6.45) is -4.39. The predicted molar refractivity (Wildman–Crippen MR) is 138 cm³/mol. The molecule has 2 aliphatic rings. The summed E-state index contributed by atoms with van der Waals surface area (Å²) in [6, 6.07) is 9.00. The number of benzene rings is 2. The number of nitrogens with zero attached hydrogens (tertiary/aromatic N) is 4. The molecule has 0 spiro atoms. The lowest BCUT2D eigenvalue weighted by Gasteiger charge is -2.31. The van der Waals surface area contributed by atoms with E-state index in [0.717, 1.165) is 17.7 Å². The van der Waals surface area contributed by atoms with Crippen molar-refractivity contribution in [2.75, 3.05) is 13.2 Å². The number of nitrogens with one attached hydrogen (secondary N) is 1. The molecule has 2 amide bonds. The fourth-order valence-corrected chi connectivity index (χ4v) is 5.27. The molecule has 5 rings (SSSR count). The van der Waals surface area contributed by atoms with Gasteiger partial charge in [-0.1, -0.05) is 29.8 Å². The Balaban J connectivity index is 1.41. The Bertz CT molecular complexity index is 1410. The highest BCUT2D eigenvalue weighted by Crippen LogP contribution is 2.39. The molecule has 1 aromatic heterocycles. The lowest BCUT2D eigenvalue weighted by molar-refractivity contribution is -0.145. The molecule has 40 heavy (non-hydrogen) atoms. The average Bonchev–Trinajstić information content (AvgIpc) is 3.47. The van der Waals surface area contributed by atoms with Crippen molar-refractivity contribution in [1.82, 2.24) is 25.0 Å². The van der Waals surface area contributed by atoms with Crippen LogP contribution in [0.15, 0.2) is 42.5 Å². The summed E-state index contributed by atoms with van der Waals surface area (Å²) in [5.74, 6) is 0.781. The highest BCUT2D eigenvalue weighted by molar-refractivity contribution is 6.30. The summed E-state index contributed by atoms with van der Waals surface area (Å²) in [5.41, 5.74) is 0.593. The number of carbonyl (C=O) groups is 2. The van der Waals surface area contributed by atoms with Crippen molar-refractivity contribution in [3.8, 4) is 5.75 Å². The van der Waals surface area contributed by atoms with Gasteiger partial charge in [0.25, 0.3) is 0 Å². The number of hydrogen-bond donors (Lipinski definition) is 1. The molecule has 3 atom stereocenters. The van der Waals surface area contributed by atoms with Crippen LogP contribution >= 0.6 is 11.6 Å². The molecule has 0 bridgehead atoms. The maximum atomic E-state index is 13.7. The van der Waals surface area contributed by atoms with E-state index in [2.05, 4.69) is 15.5 Å².